The van der Waals surface area contributed by atoms with Crippen molar-refractivity contribution in [1.82, 2.24) is 44.9 Å². The Morgan fingerprint density at radius 2 is 0.676 bits per heavy atom. The maximum atomic E-state index is 4.32. The molecular weight excluding hydrogens is 464 g/mol. The fourth-order valence-corrected chi connectivity index (χ4v) is 3.96. The molecule has 0 amide bonds. The highest BCUT2D eigenvalue weighted by atomic mass is 15.1. The summed E-state index contributed by atoms with van der Waals surface area (Å²) in [6, 6.07) is 24.1. The summed E-state index contributed by atoms with van der Waals surface area (Å²) in [6.07, 6.45) is 8.94. The summed E-state index contributed by atoms with van der Waals surface area (Å²) < 4.78 is 0. The Balaban J connectivity index is 1.51. The van der Waals surface area contributed by atoms with Crippen LogP contribution >= 0.6 is 0 Å². The van der Waals surface area contributed by atoms with Crippen LogP contribution in [0, 0.1) is 0 Å². The number of hydrogen-bond donors (Lipinski definition) is 0. The van der Waals surface area contributed by atoms with Gasteiger partial charge in [-0.25, -0.2) is 44.9 Å². The number of nitrogens with zero attached hydrogens (tertiary/aromatic N) is 10. The van der Waals surface area contributed by atoms with Gasteiger partial charge in [0.15, 0.2) is 17.5 Å². The van der Waals surface area contributed by atoms with Crippen molar-refractivity contribution in [3.63, 3.8) is 0 Å². The lowest BCUT2D eigenvalue weighted by molar-refractivity contribution is 1.05. The van der Waals surface area contributed by atoms with Crippen LogP contribution in [0.15, 0.2) is 111 Å². The number of hydrogen-bond acceptors (Lipinski definition) is 10. The third-order valence-electron chi connectivity index (χ3n) is 5.57. The van der Waals surface area contributed by atoms with E-state index in [1.165, 1.54) is 38.0 Å². The largest absolute Gasteiger partial charge is 0.310 e. The second-order valence-corrected chi connectivity index (χ2v) is 7.87. The molecule has 0 aliphatic heterocycles. The molecule has 6 rings (SSSR count). The van der Waals surface area contributed by atoms with Gasteiger partial charge in [-0.2, -0.15) is 0 Å². The topological polar surface area (TPSA) is 119 Å². The second-order valence-electron chi connectivity index (χ2n) is 7.87. The van der Waals surface area contributed by atoms with Crippen LogP contribution in [0.25, 0.3) is 34.2 Å². The molecule has 3 heterocycles. The zero-order valence-corrected chi connectivity index (χ0v) is 19.4. The smallest absolute Gasteiger partial charge is 0.162 e. The molecule has 0 N–H and O–H groups in total. The standard InChI is InChI=1S/C27H18N10/c1-4-19(25-31-13-28-14-32-25)10-22(7-1)37(23-8-2-5-20(11-23)26-33-15-29-16-34-26)24-9-3-6-21(12-24)27-35-17-30-18-36-27/h1-18H. The monoisotopic (exact) mass is 482 g/mol. The average molecular weight is 483 g/mol. The molecule has 0 aliphatic rings. The maximum absolute atomic E-state index is 4.32. The lowest BCUT2D eigenvalue weighted by atomic mass is 10.1. The van der Waals surface area contributed by atoms with Gasteiger partial charge < -0.3 is 4.90 Å². The van der Waals surface area contributed by atoms with Gasteiger partial charge in [-0.15, -0.1) is 0 Å². The third kappa shape index (κ3) is 4.71. The minimum Gasteiger partial charge on any atom is -0.310 e. The molecule has 3 aromatic heterocycles. The molecule has 10 nitrogen and oxygen atoms in total. The summed E-state index contributed by atoms with van der Waals surface area (Å²) in [5, 5.41) is 0. The Bertz CT molecular complexity index is 1430. The van der Waals surface area contributed by atoms with Crippen LogP contribution in [-0.2, 0) is 0 Å². The van der Waals surface area contributed by atoms with Gasteiger partial charge in [0.05, 0.1) is 0 Å². The summed E-state index contributed by atoms with van der Waals surface area (Å²) in [6.45, 7) is 0. The first-order valence-corrected chi connectivity index (χ1v) is 11.3. The summed E-state index contributed by atoms with van der Waals surface area (Å²) in [4.78, 5) is 39.8. The van der Waals surface area contributed by atoms with Crippen molar-refractivity contribution in [2.75, 3.05) is 4.90 Å². The second kappa shape index (κ2) is 10.0. The van der Waals surface area contributed by atoms with E-state index in [4.69, 9.17) is 0 Å². The number of anilines is 3. The Labute approximate surface area is 211 Å². The molecule has 0 radical (unpaired) electrons. The quantitative estimate of drug-likeness (QED) is 0.330. The molecule has 0 bridgehead atoms. The fourth-order valence-electron chi connectivity index (χ4n) is 3.96. The molecule has 0 aliphatic carbocycles. The van der Waals surface area contributed by atoms with Crippen LogP contribution < -0.4 is 4.90 Å². The van der Waals surface area contributed by atoms with E-state index in [1.807, 2.05) is 72.8 Å². The predicted molar refractivity (Wildman–Crippen MR) is 138 cm³/mol. The highest BCUT2D eigenvalue weighted by Gasteiger charge is 2.16. The van der Waals surface area contributed by atoms with Crippen LogP contribution in [-0.4, -0.2) is 44.9 Å². The summed E-state index contributed by atoms with van der Waals surface area (Å²) in [5.74, 6) is 1.78. The summed E-state index contributed by atoms with van der Waals surface area (Å²) in [7, 11) is 0. The van der Waals surface area contributed by atoms with E-state index < -0.39 is 0 Å². The molecule has 10 heteroatoms. The first-order chi connectivity index (χ1) is 18.3. The molecule has 176 valence electrons. The highest BCUT2D eigenvalue weighted by molar-refractivity contribution is 5.82. The fraction of sp³-hybridized carbons (Fsp3) is 0. The normalized spacial score (nSPS) is 10.7. The van der Waals surface area contributed by atoms with E-state index in [0.29, 0.717) is 17.5 Å². The Kier molecular flexibility index (Phi) is 5.94. The van der Waals surface area contributed by atoms with E-state index in [2.05, 4.69) is 49.8 Å². The molecule has 0 fully saturated rings. The van der Waals surface area contributed by atoms with Crippen molar-refractivity contribution in [1.29, 1.82) is 0 Å². The van der Waals surface area contributed by atoms with Crippen molar-refractivity contribution in [3.05, 3.63) is 111 Å². The molecule has 3 aromatic carbocycles. The molecule has 0 unspecified atom stereocenters. The van der Waals surface area contributed by atoms with Gasteiger partial charge in [0, 0.05) is 33.8 Å². The molecular formula is C27H18N10. The zero-order valence-electron chi connectivity index (χ0n) is 19.4. The lowest BCUT2D eigenvalue weighted by Crippen LogP contribution is -2.10. The third-order valence-corrected chi connectivity index (χ3v) is 5.57. The van der Waals surface area contributed by atoms with Gasteiger partial charge in [-0.1, -0.05) is 36.4 Å². The Morgan fingerprint density at radius 1 is 0.378 bits per heavy atom. The van der Waals surface area contributed by atoms with Gasteiger partial charge >= 0.3 is 0 Å². The SMILES string of the molecule is c1cc(-c2ncncn2)cc(N(c2cccc(-c3ncncn3)c2)c2cccc(-c3ncncn3)c2)c1. The number of rotatable bonds is 6. The van der Waals surface area contributed by atoms with E-state index in [0.717, 1.165) is 33.8 Å². The first-order valence-electron chi connectivity index (χ1n) is 11.3. The Hall–Kier alpha value is -5.51. The van der Waals surface area contributed by atoms with Gasteiger partial charge in [0.1, 0.15) is 38.0 Å². The molecule has 0 saturated carbocycles. The first kappa shape index (κ1) is 22.0. The van der Waals surface area contributed by atoms with Gasteiger partial charge in [-0.05, 0) is 36.4 Å². The zero-order chi connectivity index (χ0) is 24.9. The molecule has 0 atom stereocenters. The summed E-state index contributed by atoms with van der Waals surface area (Å²) >= 11 is 0. The Morgan fingerprint density at radius 3 is 0.973 bits per heavy atom. The maximum Gasteiger partial charge on any atom is 0.162 e. The van der Waals surface area contributed by atoms with E-state index >= 15 is 0 Å². The molecule has 0 saturated heterocycles. The van der Waals surface area contributed by atoms with E-state index in [1.54, 1.807) is 0 Å². The van der Waals surface area contributed by atoms with Gasteiger partial charge in [0.25, 0.3) is 0 Å². The molecule has 37 heavy (non-hydrogen) atoms. The van der Waals surface area contributed by atoms with Crippen LogP contribution in [0.1, 0.15) is 0 Å². The van der Waals surface area contributed by atoms with Crippen LogP contribution in [0.2, 0.25) is 0 Å². The van der Waals surface area contributed by atoms with Crippen molar-refractivity contribution in [2.45, 2.75) is 0 Å². The van der Waals surface area contributed by atoms with Crippen molar-refractivity contribution in [3.8, 4) is 34.2 Å². The van der Waals surface area contributed by atoms with E-state index in [-0.39, 0.29) is 0 Å². The van der Waals surface area contributed by atoms with E-state index in [9.17, 15) is 0 Å². The highest BCUT2D eigenvalue weighted by Crippen LogP contribution is 2.38. The van der Waals surface area contributed by atoms with Crippen molar-refractivity contribution >= 4 is 17.1 Å². The lowest BCUT2D eigenvalue weighted by Gasteiger charge is -2.26. The van der Waals surface area contributed by atoms with Crippen LogP contribution in [0.3, 0.4) is 0 Å². The van der Waals surface area contributed by atoms with Crippen LogP contribution in [0.4, 0.5) is 17.1 Å². The minimum absolute atomic E-state index is 0.592. The van der Waals surface area contributed by atoms with Crippen molar-refractivity contribution in [2.24, 2.45) is 0 Å². The van der Waals surface area contributed by atoms with Crippen LogP contribution in [0.5, 0.6) is 0 Å². The minimum atomic E-state index is 0.592. The number of aromatic nitrogens is 9. The average Bonchev–Trinajstić information content (AvgIpc) is 2.99. The van der Waals surface area contributed by atoms with Crippen molar-refractivity contribution < 1.29 is 0 Å². The predicted octanol–water partition coefficient (Wildman–Crippen LogP) is 4.71. The number of benzene rings is 3. The van der Waals surface area contributed by atoms with Gasteiger partial charge in [0.2, 0.25) is 0 Å². The molecule has 6 aromatic rings. The summed E-state index contributed by atoms with van der Waals surface area (Å²) in [5.41, 5.74) is 5.35. The van der Waals surface area contributed by atoms with Gasteiger partial charge in [-0.3, -0.25) is 0 Å². The molecule has 0 spiro atoms.